The highest BCUT2D eigenvalue weighted by atomic mass is 15.1. The van der Waals surface area contributed by atoms with E-state index in [1.807, 2.05) is 0 Å². The van der Waals surface area contributed by atoms with Crippen molar-refractivity contribution in [3.63, 3.8) is 0 Å². The second-order valence-corrected chi connectivity index (χ2v) is 5.02. The molecule has 0 aromatic carbocycles. The van der Waals surface area contributed by atoms with Crippen LogP contribution < -0.4 is 5.73 Å². The van der Waals surface area contributed by atoms with Crippen LogP contribution in [0.15, 0.2) is 0 Å². The highest BCUT2D eigenvalue weighted by Gasteiger charge is 2.03. The molecule has 18 heavy (non-hydrogen) atoms. The Bertz CT molecular complexity index is 158. The van der Waals surface area contributed by atoms with E-state index in [2.05, 4.69) is 30.6 Å². The molecule has 0 bridgehead atoms. The van der Waals surface area contributed by atoms with Crippen molar-refractivity contribution in [2.75, 3.05) is 45.8 Å². The van der Waals surface area contributed by atoms with Gasteiger partial charge in [-0.2, -0.15) is 0 Å². The third-order valence-electron chi connectivity index (χ3n) is 3.72. The summed E-state index contributed by atoms with van der Waals surface area (Å²) in [6, 6.07) is 0. The van der Waals surface area contributed by atoms with Gasteiger partial charge in [-0.1, -0.05) is 33.6 Å². The molecule has 0 amide bonds. The second-order valence-electron chi connectivity index (χ2n) is 5.02. The van der Waals surface area contributed by atoms with E-state index in [4.69, 9.17) is 5.73 Å². The number of unbranched alkanes of at least 4 members (excludes halogenated alkanes) is 3. The van der Waals surface area contributed by atoms with E-state index in [9.17, 15) is 0 Å². The van der Waals surface area contributed by atoms with Crippen LogP contribution in [0.5, 0.6) is 0 Å². The van der Waals surface area contributed by atoms with Crippen LogP contribution in [-0.4, -0.2) is 55.6 Å². The van der Waals surface area contributed by atoms with Gasteiger partial charge in [0.1, 0.15) is 0 Å². The summed E-state index contributed by atoms with van der Waals surface area (Å²) in [6.45, 7) is 14.9. The van der Waals surface area contributed by atoms with E-state index in [1.54, 1.807) is 0 Å². The Morgan fingerprint density at radius 3 is 1.67 bits per heavy atom. The van der Waals surface area contributed by atoms with E-state index in [0.29, 0.717) is 0 Å². The zero-order valence-corrected chi connectivity index (χ0v) is 13.0. The molecule has 0 aromatic rings. The molecule has 3 nitrogen and oxygen atoms in total. The zero-order chi connectivity index (χ0) is 13.6. The van der Waals surface area contributed by atoms with Gasteiger partial charge in [-0.15, -0.1) is 0 Å². The quantitative estimate of drug-likeness (QED) is 0.515. The molecule has 0 fully saturated rings. The molecule has 0 aliphatic heterocycles. The minimum atomic E-state index is 0.849. The Morgan fingerprint density at radius 1 is 0.611 bits per heavy atom. The summed E-state index contributed by atoms with van der Waals surface area (Å²) in [6.07, 6.45) is 6.46. The molecular formula is C15H35N3. The molecular weight excluding hydrogens is 222 g/mol. The number of hydrogen-bond acceptors (Lipinski definition) is 3. The Balaban J connectivity index is 3.51. The highest BCUT2D eigenvalue weighted by molar-refractivity contribution is 4.59. The van der Waals surface area contributed by atoms with E-state index in [1.165, 1.54) is 71.4 Å². The monoisotopic (exact) mass is 257 g/mol. The van der Waals surface area contributed by atoms with Gasteiger partial charge in [0.05, 0.1) is 0 Å². The van der Waals surface area contributed by atoms with Gasteiger partial charge < -0.3 is 15.5 Å². The first-order valence-corrected chi connectivity index (χ1v) is 7.93. The number of hydrogen-bond donors (Lipinski definition) is 1. The fourth-order valence-electron chi connectivity index (χ4n) is 2.32. The summed E-state index contributed by atoms with van der Waals surface area (Å²) in [5, 5.41) is 0. The summed E-state index contributed by atoms with van der Waals surface area (Å²) in [5.41, 5.74) is 5.50. The first-order valence-electron chi connectivity index (χ1n) is 7.93. The van der Waals surface area contributed by atoms with Gasteiger partial charge in [0.25, 0.3) is 0 Å². The molecule has 0 heterocycles. The van der Waals surface area contributed by atoms with Gasteiger partial charge in [-0.3, -0.25) is 0 Å². The van der Waals surface area contributed by atoms with Gasteiger partial charge in [0.2, 0.25) is 0 Å². The first-order chi connectivity index (χ1) is 8.78. The molecule has 0 aliphatic carbocycles. The van der Waals surface area contributed by atoms with Crippen molar-refractivity contribution in [1.82, 2.24) is 9.80 Å². The van der Waals surface area contributed by atoms with E-state index < -0.39 is 0 Å². The molecule has 2 N–H and O–H groups in total. The molecule has 3 heteroatoms. The topological polar surface area (TPSA) is 32.5 Å². The lowest BCUT2D eigenvalue weighted by molar-refractivity contribution is 0.240. The SMILES string of the molecule is CCN(CC)CCCN(CC)CCCCCCN. The molecule has 0 spiro atoms. The van der Waals surface area contributed by atoms with Crippen LogP contribution in [-0.2, 0) is 0 Å². The first kappa shape index (κ1) is 17.9. The van der Waals surface area contributed by atoms with Crippen LogP contribution in [0, 0.1) is 0 Å². The van der Waals surface area contributed by atoms with Gasteiger partial charge in [0.15, 0.2) is 0 Å². The molecule has 0 saturated heterocycles. The maximum absolute atomic E-state index is 5.50. The molecule has 0 rings (SSSR count). The number of rotatable bonds is 13. The third-order valence-corrected chi connectivity index (χ3v) is 3.72. The average Bonchev–Trinajstić information content (AvgIpc) is 2.41. The Kier molecular flexibility index (Phi) is 13.2. The lowest BCUT2D eigenvalue weighted by atomic mass is 10.2. The minimum absolute atomic E-state index is 0.849. The van der Waals surface area contributed by atoms with E-state index in [0.717, 1.165) is 6.54 Å². The van der Waals surface area contributed by atoms with Gasteiger partial charge in [-0.05, 0) is 65.1 Å². The van der Waals surface area contributed by atoms with Crippen molar-refractivity contribution in [1.29, 1.82) is 0 Å². The van der Waals surface area contributed by atoms with Gasteiger partial charge >= 0.3 is 0 Å². The van der Waals surface area contributed by atoms with Crippen LogP contribution in [0.4, 0.5) is 0 Å². The van der Waals surface area contributed by atoms with Crippen molar-refractivity contribution >= 4 is 0 Å². The number of nitrogens with two attached hydrogens (primary N) is 1. The molecule has 0 aliphatic rings. The van der Waals surface area contributed by atoms with Crippen molar-refractivity contribution in [3.05, 3.63) is 0 Å². The lowest BCUT2D eigenvalue weighted by Gasteiger charge is -2.23. The van der Waals surface area contributed by atoms with Crippen molar-refractivity contribution in [3.8, 4) is 0 Å². The van der Waals surface area contributed by atoms with Gasteiger partial charge in [-0.25, -0.2) is 0 Å². The normalized spacial score (nSPS) is 11.7. The maximum atomic E-state index is 5.50. The largest absolute Gasteiger partial charge is 0.330 e. The fraction of sp³-hybridized carbons (Fsp3) is 1.00. The predicted octanol–water partition coefficient (Wildman–Crippen LogP) is 2.56. The van der Waals surface area contributed by atoms with Crippen LogP contribution in [0.25, 0.3) is 0 Å². The fourth-order valence-corrected chi connectivity index (χ4v) is 2.32. The second kappa shape index (κ2) is 13.3. The molecule has 0 atom stereocenters. The maximum Gasteiger partial charge on any atom is -0.000666 e. The number of nitrogens with zero attached hydrogens (tertiary/aromatic N) is 2. The zero-order valence-electron chi connectivity index (χ0n) is 13.0. The van der Waals surface area contributed by atoms with Gasteiger partial charge in [0, 0.05) is 0 Å². The molecule has 0 aromatic heterocycles. The lowest BCUT2D eigenvalue weighted by Crippen LogP contribution is -2.30. The van der Waals surface area contributed by atoms with E-state index >= 15 is 0 Å². The van der Waals surface area contributed by atoms with Crippen LogP contribution in [0.3, 0.4) is 0 Å². The summed E-state index contributed by atoms with van der Waals surface area (Å²) < 4.78 is 0. The smallest absolute Gasteiger partial charge is 0.000666 e. The average molecular weight is 257 g/mol. The van der Waals surface area contributed by atoms with Crippen LogP contribution >= 0.6 is 0 Å². The summed E-state index contributed by atoms with van der Waals surface area (Å²) in [5.74, 6) is 0. The summed E-state index contributed by atoms with van der Waals surface area (Å²) in [7, 11) is 0. The Morgan fingerprint density at radius 2 is 1.11 bits per heavy atom. The minimum Gasteiger partial charge on any atom is -0.330 e. The van der Waals surface area contributed by atoms with Crippen molar-refractivity contribution in [2.45, 2.75) is 52.9 Å². The molecule has 0 radical (unpaired) electrons. The Hall–Kier alpha value is -0.120. The van der Waals surface area contributed by atoms with Crippen LogP contribution in [0.1, 0.15) is 52.9 Å². The van der Waals surface area contributed by atoms with Crippen molar-refractivity contribution < 1.29 is 0 Å². The standard InChI is InChI=1S/C15H35N3/c1-4-17(5-2)14-11-15-18(6-3)13-10-8-7-9-12-16/h4-16H2,1-3H3. The van der Waals surface area contributed by atoms with Crippen molar-refractivity contribution in [2.24, 2.45) is 5.73 Å². The summed E-state index contributed by atoms with van der Waals surface area (Å²) >= 11 is 0. The highest BCUT2D eigenvalue weighted by Crippen LogP contribution is 2.02. The van der Waals surface area contributed by atoms with Crippen LogP contribution in [0.2, 0.25) is 0 Å². The molecule has 0 unspecified atom stereocenters. The predicted molar refractivity (Wildman–Crippen MR) is 82.0 cm³/mol. The Labute approximate surface area is 115 Å². The third kappa shape index (κ3) is 9.86. The molecule has 0 saturated carbocycles. The van der Waals surface area contributed by atoms with E-state index in [-0.39, 0.29) is 0 Å². The summed E-state index contributed by atoms with van der Waals surface area (Å²) in [4.78, 5) is 5.10. The molecule has 110 valence electrons.